The molecule has 0 atom stereocenters. The summed E-state index contributed by atoms with van der Waals surface area (Å²) in [5.41, 5.74) is 0. The van der Waals surface area contributed by atoms with Gasteiger partial charge in [0.25, 0.3) is 0 Å². The van der Waals surface area contributed by atoms with Gasteiger partial charge in [0.15, 0.2) is 0 Å². The average molecular weight is 366 g/mol. The van der Waals surface area contributed by atoms with Crippen molar-refractivity contribution in [3.8, 4) is 0 Å². The molecule has 0 aliphatic carbocycles. The minimum absolute atomic E-state index is 0. The van der Waals surface area contributed by atoms with E-state index in [2.05, 4.69) is 0 Å². The molecule has 0 aliphatic heterocycles. The molecule has 0 aromatic rings. The smallest absolute Gasteiger partial charge is 0.549 e. The van der Waals surface area contributed by atoms with Crippen LogP contribution in [0.15, 0.2) is 0 Å². The summed E-state index contributed by atoms with van der Waals surface area (Å²) in [6, 6.07) is 0. The van der Waals surface area contributed by atoms with Crippen molar-refractivity contribution in [2.24, 2.45) is 0 Å². The van der Waals surface area contributed by atoms with Crippen LogP contribution in [0.25, 0.3) is 0 Å². The Kier molecular flexibility index (Phi) is 19.8. The third-order valence-corrected chi connectivity index (χ3v) is 2.14. The monoisotopic (exact) mass is 366 g/mol. The first-order valence-corrected chi connectivity index (χ1v) is 5.44. The number of hydrogen-bond acceptors (Lipinski definition) is 10. The molecule has 0 spiro atoms. The van der Waals surface area contributed by atoms with Gasteiger partial charge >= 0.3 is 103 Å². The van der Waals surface area contributed by atoms with Crippen LogP contribution in [0.4, 0.5) is 0 Å². The van der Waals surface area contributed by atoms with Gasteiger partial charge in [-0.2, -0.15) is 0 Å². The third-order valence-electron chi connectivity index (χ3n) is 2.14. The molecule has 0 saturated carbocycles. The number of carboxylic acids is 4. The molecule has 114 valence electrons. The van der Waals surface area contributed by atoms with Gasteiger partial charge < -0.3 is 39.6 Å². The SMILES string of the molecule is O=C([O-])CN(CCN(CC(=O)[O-])CC(=O)[O-])CC(=O)[O-].[K+].[K+]. The Bertz CT molecular complexity index is 325. The third kappa shape index (κ3) is 17.4. The van der Waals surface area contributed by atoms with Crippen molar-refractivity contribution in [3.05, 3.63) is 0 Å². The topological polar surface area (TPSA) is 167 Å². The Labute approximate surface area is 211 Å². The van der Waals surface area contributed by atoms with Gasteiger partial charge in [-0.1, -0.05) is 0 Å². The van der Waals surface area contributed by atoms with Crippen molar-refractivity contribution in [1.29, 1.82) is 0 Å². The maximum Gasteiger partial charge on any atom is 1.00 e. The summed E-state index contributed by atoms with van der Waals surface area (Å²) in [6.45, 7) is -3.25. The van der Waals surface area contributed by atoms with Crippen LogP contribution in [0.3, 0.4) is 0 Å². The van der Waals surface area contributed by atoms with E-state index in [9.17, 15) is 39.6 Å². The van der Waals surface area contributed by atoms with Crippen LogP contribution in [-0.4, -0.2) is 72.9 Å². The Hall–Kier alpha value is 1.07. The summed E-state index contributed by atoms with van der Waals surface area (Å²) in [7, 11) is 0. The summed E-state index contributed by atoms with van der Waals surface area (Å²) >= 11 is 0. The fourth-order valence-electron chi connectivity index (χ4n) is 1.44. The largest absolute Gasteiger partial charge is 1.00 e. The number of nitrogens with zero attached hydrogens (tertiary/aromatic N) is 2. The van der Waals surface area contributed by atoms with Gasteiger partial charge in [0.05, 0.1) is 23.9 Å². The van der Waals surface area contributed by atoms with Crippen LogP contribution in [0.5, 0.6) is 0 Å². The van der Waals surface area contributed by atoms with Crippen LogP contribution in [0.2, 0.25) is 0 Å². The zero-order chi connectivity index (χ0) is 15.7. The second-order valence-corrected chi connectivity index (χ2v) is 3.91. The molecule has 0 unspecified atom stereocenters. The number of carboxylic acid groups (broad SMARTS) is 4. The van der Waals surface area contributed by atoms with Crippen molar-refractivity contribution >= 4 is 23.9 Å². The molecule has 0 amide bonds. The number of hydrogen-bond donors (Lipinski definition) is 0. The first-order valence-electron chi connectivity index (χ1n) is 5.44. The van der Waals surface area contributed by atoms with Crippen LogP contribution in [0, 0.1) is 0 Å². The molecule has 0 aliphatic rings. The second-order valence-electron chi connectivity index (χ2n) is 3.91. The van der Waals surface area contributed by atoms with E-state index in [-0.39, 0.29) is 116 Å². The maximum atomic E-state index is 10.4. The predicted molar refractivity (Wildman–Crippen MR) is 52.9 cm³/mol. The Balaban J connectivity index is -0.00000180. The first kappa shape index (κ1) is 27.9. The van der Waals surface area contributed by atoms with E-state index in [4.69, 9.17) is 0 Å². The van der Waals surface area contributed by atoms with Crippen LogP contribution in [0.1, 0.15) is 0 Å². The molecular formula is C10H12K2N2O8-2. The minimum atomic E-state index is -1.53. The Morgan fingerprint density at radius 1 is 0.545 bits per heavy atom. The van der Waals surface area contributed by atoms with Gasteiger partial charge in [0.2, 0.25) is 0 Å². The van der Waals surface area contributed by atoms with Crippen molar-refractivity contribution in [1.82, 2.24) is 9.80 Å². The molecule has 0 saturated heterocycles. The molecule has 0 fully saturated rings. The molecule has 0 aromatic heterocycles. The Morgan fingerprint density at radius 3 is 0.864 bits per heavy atom. The molecule has 10 nitrogen and oxygen atoms in total. The van der Waals surface area contributed by atoms with Crippen LogP contribution >= 0.6 is 0 Å². The standard InChI is InChI=1S/C10H16N2O8.2K/c13-7(14)3-11(4-8(15)16)1-2-12(5-9(17)18)6-10(19)20;;/h1-6H2,(H,13,14)(H,15,16)(H,17,18)(H,19,20);;/q;2*+1/p-4. The summed E-state index contributed by atoms with van der Waals surface area (Å²) in [5, 5.41) is 41.6. The van der Waals surface area contributed by atoms with E-state index >= 15 is 0 Å². The summed E-state index contributed by atoms with van der Waals surface area (Å²) < 4.78 is 0. The minimum Gasteiger partial charge on any atom is -0.549 e. The second kappa shape index (κ2) is 15.6. The Morgan fingerprint density at radius 2 is 0.727 bits per heavy atom. The van der Waals surface area contributed by atoms with Crippen molar-refractivity contribution in [2.45, 2.75) is 0 Å². The normalized spacial score (nSPS) is 9.73. The molecular weight excluding hydrogens is 354 g/mol. The molecule has 0 aromatic carbocycles. The van der Waals surface area contributed by atoms with Crippen molar-refractivity contribution < 1.29 is 142 Å². The van der Waals surface area contributed by atoms with Gasteiger partial charge in [-0.05, 0) is 0 Å². The quantitative estimate of drug-likeness (QED) is 0.320. The van der Waals surface area contributed by atoms with Gasteiger partial charge in [0, 0.05) is 39.3 Å². The summed E-state index contributed by atoms with van der Waals surface area (Å²) in [4.78, 5) is 43.4. The van der Waals surface area contributed by atoms with E-state index in [0.717, 1.165) is 9.80 Å². The van der Waals surface area contributed by atoms with Gasteiger partial charge in [-0.25, -0.2) is 0 Å². The van der Waals surface area contributed by atoms with E-state index in [1.165, 1.54) is 0 Å². The van der Waals surface area contributed by atoms with Crippen molar-refractivity contribution in [2.75, 3.05) is 39.3 Å². The summed E-state index contributed by atoms with van der Waals surface area (Å²) in [5.74, 6) is -6.12. The van der Waals surface area contributed by atoms with E-state index in [0.29, 0.717) is 0 Å². The number of rotatable bonds is 11. The fraction of sp³-hybridized carbons (Fsp3) is 0.600. The van der Waals surface area contributed by atoms with Gasteiger partial charge in [-0.3, -0.25) is 9.80 Å². The average Bonchev–Trinajstić information content (AvgIpc) is 2.22. The molecule has 0 radical (unpaired) electrons. The van der Waals surface area contributed by atoms with E-state index in [1.54, 1.807) is 0 Å². The van der Waals surface area contributed by atoms with Gasteiger partial charge in [0.1, 0.15) is 0 Å². The van der Waals surface area contributed by atoms with E-state index in [1.807, 2.05) is 0 Å². The maximum absolute atomic E-state index is 10.4. The predicted octanol–water partition coefficient (Wildman–Crippen LogP) is -13.4. The number of carbonyl (C=O) groups is 4. The van der Waals surface area contributed by atoms with Crippen LogP contribution < -0.4 is 123 Å². The molecule has 0 rings (SSSR count). The number of aliphatic carboxylic acids is 4. The van der Waals surface area contributed by atoms with Gasteiger partial charge in [-0.15, -0.1) is 0 Å². The molecule has 22 heavy (non-hydrogen) atoms. The zero-order valence-electron chi connectivity index (χ0n) is 12.4. The number of carbonyl (C=O) groups excluding carboxylic acids is 4. The fourth-order valence-corrected chi connectivity index (χ4v) is 1.44. The summed E-state index contributed by atoms with van der Waals surface area (Å²) in [6.07, 6.45) is 0. The molecule has 0 heterocycles. The van der Waals surface area contributed by atoms with Crippen LogP contribution in [-0.2, 0) is 19.2 Å². The van der Waals surface area contributed by atoms with E-state index < -0.39 is 50.1 Å². The van der Waals surface area contributed by atoms with Crippen molar-refractivity contribution in [3.63, 3.8) is 0 Å². The first-order chi connectivity index (χ1) is 9.20. The molecule has 12 heteroatoms. The molecule has 0 N–H and O–H groups in total. The zero-order valence-corrected chi connectivity index (χ0v) is 18.6. The molecule has 0 bridgehead atoms.